The van der Waals surface area contributed by atoms with Crippen molar-refractivity contribution in [2.75, 3.05) is 12.3 Å². The second-order valence-electron chi connectivity index (χ2n) is 5.00. The van der Waals surface area contributed by atoms with Crippen LogP contribution in [0, 0.1) is 0 Å². The smallest absolute Gasteiger partial charge is 0.167 e. The molecule has 0 bridgehead atoms. The fourth-order valence-electron chi connectivity index (χ4n) is 2.34. The number of nitrogens with zero attached hydrogens (tertiary/aromatic N) is 4. The van der Waals surface area contributed by atoms with Crippen molar-refractivity contribution in [2.45, 2.75) is 31.0 Å². The Hall–Kier alpha value is -1.81. The highest BCUT2D eigenvalue weighted by Crippen LogP contribution is 2.37. The third kappa shape index (κ3) is 1.68. The molecule has 108 valence electrons. The number of aromatic nitrogens is 4. The lowest BCUT2D eigenvalue weighted by atomic mass is 9.99. The lowest BCUT2D eigenvalue weighted by Crippen LogP contribution is -2.43. The summed E-state index contributed by atoms with van der Waals surface area (Å²) in [5.74, 6) is 0.215. The van der Waals surface area contributed by atoms with Gasteiger partial charge < -0.3 is 25.8 Å². The Kier molecular flexibility index (Phi) is 2.87. The van der Waals surface area contributed by atoms with Crippen LogP contribution in [-0.4, -0.2) is 59.3 Å². The van der Waals surface area contributed by atoms with Crippen LogP contribution < -0.4 is 5.73 Å². The highest BCUT2D eigenvalue weighted by molar-refractivity contribution is 5.81. The van der Waals surface area contributed by atoms with Crippen molar-refractivity contribution in [3.63, 3.8) is 0 Å². The number of imidazole rings is 1. The molecular weight excluding hydrogens is 266 g/mol. The molecule has 9 heteroatoms. The van der Waals surface area contributed by atoms with Crippen LogP contribution >= 0.6 is 0 Å². The number of anilines is 1. The zero-order valence-electron chi connectivity index (χ0n) is 10.7. The predicted octanol–water partition coefficient (Wildman–Crippen LogP) is -1.59. The maximum absolute atomic E-state index is 10.1. The minimum atomic E-state index is -1.25. The van der Waals surface area contributed by atoms with Crippen LogP contribution in [0.1, 0.15) is 13.2 Å². The van der Waals surface area contributed by atoms with Gasteiger partial charge in [-0.3, -0.25) is 4.57 Å². The lowest BCUT2D eigenvalue weighted by Gasteiger charge is -2.24. The standard InChI is InChI=1S/C11H15N5O4/c1-11(2-17)7(19)6(18)10(20-11)16-4-15-5-8(12)13-3-14-9(5)16/h3-4,6-7,10,17-19H,2H2,1H3,(H2,12,13,14)/t6?,7-,10-,11-/m1/s1. The van der Waals surface area contributed by atoms with E-state index in [1.807, 2.05) is 0 Å². The SMILES string of the molecule is C[C@]1(CO)O[C@@H](n2cnc3c(N)ncnc32)C(O)[C@H]1O. The van der Waals surface area contributed by atoms with Gasteiger partial charge in [0.1, 0.15) is 29.7 Å². The van der Waals surface area contributed by atoms with Gasteiger partial charge >= 0.3 is 0 Å². The van der Waals surface area contributed by atoms with Crippen LogP contribution in [0.15, 0.2) is 12.7 Å². The molecule has 0 spiro atoms. The van der Waals surface area contributed by atoms with Gasteiger partial charge in [-0.05, 0) is 6.92 Å². The minimum Gasteiger partial charge on any atom is -0.393 e. The normalized spacial score (nSPS) is 33.9. The van der Waals surface area contributed by atoms with E-state index < -0.39 is 30.6 Å². The molecular formula is C11H15N5O4. The second-order valence-corrected chi connectivity index (χ2v) is 5.00. The summed E-state index contributed by atoms with van der Waals surface area (Å²) >= 11 is 0. The average Bonchev–Trinajstić information content (AvgIpc) is 2.96. The molecule has 2 aromatic rings. The molecule has 1 fully saturated rings. The molecule has 1 aliphatic rings. The highest BCUT2D eigenvalue weighted by atomic mass is 16.6. The third-order valence-corrected chi connectivity index (χ3v) is 3.61. The highest BCUT2D eigenvalue weighted by Gasteiger charge is 2.52. The predicted molar refractivity (Wildman–Crippen MR) is 67.4 cm³/mol. The van der Waals surface area contributed by atoms with Gasteiger partial charge in [-0.1, -0.05) is 0 Å². The molecule has 5 N–H and O–H groups in total. The molecule has 4 atom stereocenters. The van der Waals surface area contributed by atoms with Crippen LogP contribution in [0.3, 0.4) is 0 Å². The van der Waals surface area contributed by atoms with E-state index in [-0.39, 0.29) is 5.82 Å². The van der Waals surface area contributed by atoms with Gasteiger partial charge in [0.15, 0.2) is 17.7 Å². The molecule has 9 nitrogen and oxygen atoms in total. The maximum Gasteiger partial charge on any atom is 0.167 e. The molecule has 0 saturated carbocycles. The number of nitrogen functional groups attached to an aromatic ring is 1. The van der Waals surface area contributed by atoms with Crippen molar-refractivity contribution in [2.24, 2.45) is 0 Å². The number of fused-ring (bicyclic) bond motifs is 1. The van der Waals surface area contributed by atoms with Crippen molar-refractivity contribution >= 4 is 17.0 Å². The summed E-state index contributed by atoms with van der Waals surface area (Å²) in [5.41, 5.74) is 5.21. The molecule has 3 rings (SSSR count). The van der Waals surface area contributed by atoms with Crippen LogP contribution in [0.4, 0.5) is 5.82 Å². The number of hydrogen-bond donors (Lipinski definition) is 4. The Morgan fingerprint density at radius 2 is 2.15 bits per heavy atom. The molecule has 1 unspecified atom stereocenters. The zero-order chi connectivity index (χ0) is 14.5. The number of nitrogens with two attached hydrogens (primary N) is 1. The average molecular weight is 281 g/mol. The van der Waals surface area contributed by atoms with Crippen LogP contribution in [-0.2, 0) is 4.74 Å². The Balaban J connectivity index is 2.06. The number of aliphatic hydroxyl groups is 3. The summed E-state index contributed by atoms with van der Waals surface area (Å²) in [6.07, 6.45) is -0.686. The quantitative estimate of drug-likeness (QED) is 0.516. The van der Waals surface area contributed by atoms with E-state index in [4.69, 9.17) is 10.5 Å². The Bertz CT molecular complexity index is 647. The monoisotopic (exact) mass is 281 g/mol. The first-order valence-corrected chi connectivity index (χ1v) is 6.06. The molecule has 3 heterocycles. The van der Waals surface area contributed by atoms with Crippen molar-refractivity contribution in [1.82, 2.24) is 19.5 Å². The fraction of sp³-hybridized carbons (Fsp3) is 0.545. The zero-order valence-corrected chi connectivity index (χ0v) is 10.7. The van der Waals surface area contributed by atoms with E-state index in [0.717, 1.165) is 0 Å². The Morgan fingerprint density at radius 1 is 1.40 bits per heavy atom. The molecule has 20 heavy (non-hydrogen) atoms. The van der Waals surface area contributed by atoms with E-state index in [9.17, 15) is 15.3 Å². The summed E-state index contributed by atoms with van der Waals surface area (Å²) in [5, 5.41) is 29.4. The Morgan fingerprint density at radius 3 is 2.80 bits per heavy atom. The van der Waals surface area contributed by atoms with Gasteiger partial charge in [0, 0.05) is 0 Å². The van der Waals surface area contributed by atoms with Crippen LogP contribution in [0.2, 0.25) is 0 Å². The third-order valence-electron chi connectivity index (χ3n) is 3.61. The van der Waals surface area contributed by atoms with Gasteiger partial charge in [0.05, 0.1) is 12.9 Å². The first kappa shape index (κ1) is 13.2. The van der Waals surface area contributed by atoms with Crippen molar-refractivity contribution in [1.29, 1.82) is 0 Å². The first-order chi connectivity index (χ1) is 9.48. The maximum atomic E-state index is 10.1. The van der Waals surface area contributed by atoms with E-state index in [0.29, 0.717) is 11.2 Å². The van der Waals surface area contributed by atoms with Gasteiger partial charge in [0.2, 0.25) is 0 Å². The van der Waals surface area contributed by atoms with Crippen molar-refractivity contribution < 1.29 is 20.1 Å². The molecule has 2 aromatic heterocycles. The fourth-order valence-corrected chi connectivity index (χ4v) is 2.34. The van der Waals surface area contributed by atoms with Gasteiger partial charge in [-0.15, -0.1) is 0 Å². The molecule has 0 amide bonds. The molecule has 0 aromatic carbocycles. The second kappa shape index (κ2) is 4.35. The van der Waals surface area contributed by atoms with E-state index in [1.54, 1.807) is 0 Å². The summed E-state index contributed by atoms with van der Waals surface area (Å²) < 4.78 is 7.05. The largest absolute Gasteiger partial charge is 0.393 e. The summed E-state index contributed by atoms with van der Waals surface area (Å²) in [7, 11) is 0. The van der Waals surface area contributed by atoms with Crippen molar-refractivity contribution in [3.05, 3.63) is 12.7 Å². The van der Waals surface area contributed by atoms with Gasteiger partial charge in [-0.2, -0.15) is 0 Å². The lowest BCUT2D eigenvalue weighted by molar-refractivity contribution is -0.115. The van der Waals surface area contributed by atoms with Crippen LogP contribution in [0.5, 0.6) is 0 Å². The number of hydrogen-bond acceptors (Lipinski definition) is 8. The molecule has 1 aliphatic heterocycles. The number of aliphatic hydroxyl groups excluding tert-OH is 3. The minimum absolute atomic E-state index is 0.215. The first-order valence-electron chi connectivity index (χ1n) is 6.06. The number of ether oxygens (including phenoxy) is 1. The van der Waals surface area contributed by atoms with Crippen molar-refractivity contribution in [3.8, 4) is 0 Å². The van der Waals surface area contributed by atoms with E-state index >= 15 is 0 Å². The molecule has 1 saturated heterocycles. The Labute approximate surface area is 113 Å². The summed E-state index contributed by atoms with van der Waals surface area (Å²) in [4.78, 5) is 12.0. The van der Waals surface area contributed by atoms with E-state index in [1.165, 1.54) is 24.1 Å². The van der Waals surface area contributed by atoms with Crippen LogP contribution in [0.25, 0.3) is 11.2 Å². The van der Waals surface area contributed by atoms with Gasteiger partial charge in [0.25, 0.3) is 0 Å². The molecule has 0 aliphatic carbocycles. The topological polar surface area (TPSA) is 140 Å². The van der Waals surface area contributed by atoms with E-state index in [2.05, 4.69) is 15.0 Å². The number of rotatable bonds is 2. The summed E-state index contributed by atoms with van der Waals surface area (Å²) in [6, 6.07) is 0. The summed E-state index contributed by atoms with van der Waals surface area (Å²) in [6.45, 7) is 1.09. The van der Waals surface area contributed by atoms with Gasteiger partial charge in [-0.25, -0.2) is 15.0 Å². The molecule has 0 radical (unpaired) electrons.